The Morgan fingerprint density at radius 3 is 2.40 bits per heavy atom. The molecule has 9 nitrogen and oxygen atoms in total. The summed E-state index contributed by atoms with van der Waals surface area (Å²) < 4.78 is 8.03. The van der Waals surface area contributed by atoms with Crippen LogP contribution >= 0.6 is 0 Å². The molecule has 35 heavy (non-hydrogen) atoms. The minimum atomic E-state index is -0.680. The molecule has 2 amide bonds. The van der Waals surface area contributed by atoms with Gasteiger partial charge in [-0.25, -0.2) is 9.36 Å². The van der Waals surface area contributed by atoms with Crippen molar-refractivity contribution in [2.24, 2.45) is 0 Å². The van der Waals surface area contributed by atoms with E-state index >= 15 is 0 Å². The molecule has 2 aromatic heterocycles. The zero-order valence-electron chi connectivity index (χ0n) is 20.1. The van der Waals surface area contributed by atoms with Gasteiger partial charge >= 0.3 is 5.69 Å². The lowest BCUT2D eigenvalue weighted by Crippen LogP contribution is -2.47. The first-order valence-electron chi connectivity index (χ1n) is 12.6. The maximum atomic E-state index is 13.6. The molecule has 186 valence electrons. The van der Waals surface area contributed by atoms with Crippen LogP contribution in [-0.4, -0.2) is 45.0 Å². The molecule has 0 radical (unpaired) electrons. The molecule has 1 aromatic carbocycles. The first-order chi connectivity index (χ1) is 16.9. The number of nitrogens with zero attached hydrogens (tertiary/aromatic N) is 3. The summed E-state index contributed by atoms with van der Waals surface area (Å²) in [6.07, 6.45) is 9.14. The van der Waals surface area contributed by atoms with E-state index in [0.717, 1.165) is 55.9 Å². The Bertz CT molecular complexity index is 1370. The van der Waals surface area contributed by atoms with Gasteiger partial charge in [-0.3, -0.25) is 19.0 Å². The van der Waals surface area contributed by atoms with Gasteiger partial charge in [0.2, 0.25) is 17.4 Å². The number of fused-ring (bicyclic) bond motifs is 3. The number of benzene rings is 1. The van der Waals surface area contributed by atoms with Crippen molar-refractivity contribution in [3.63, 3.8) is 0 Å². The number of aromatic nitrogens is 2. The van der Waals surface area contributed by atoms with E-state index in [-0.39, 0.29) is 36.0 Å². The van der Waals surface area contributed by atoms with Gasteiger partial charge < -0.3 is 14.6 Å². The molecule has 0 bridgehead atoms. The number of carbonyl (C=O) groups excluding carboxylic acids is 2. The van der Waals surface area contributed by atoms with Crippen LogP contribution in [0.25, 0.3) is 22.1 Å². The highest BCUT2D eigenvalue weighted by Crippen LogP contribution is 2.26. The van der Waals surface area contributed by atoms with Gasteiger partial charge in [-0.2, -0.15) is 0 Å². The van der Waals surface area contributed by atoms with Crippen molar-refractivity contribution in [1.82, 2.24) is 19.4 Å². The summed E-state index contributed by atoms with van der Waals surface area (Å²) in [5.74, 6) is -0.588. The van der Waals surface area contributed by atoms with Crippen LogP contribution in [0, 0.1) is 0 Å². The molecular weight excluding hydrogens is 448 g/mol. The fourth-order valence-electron chi connectivity index (χ4n) is 5.59. The smallest absolute Gasteiger partial charge is 0.332 e. The number of likely N-dealkylation sites (N-methyl/N-ethyl adjacent to an activating group) is 1. The molecule has 0 saturated heterocycles. The predicted octanol–water partition coefficient (Wildman–Crippen LogP) is 2.76. The second-order valence-electron chi connectivity index (χ2n) is 9.88. The Morgan fingerprint density at radius 2 is 1.66 bits per heavy atom. The van der Waals surface area contributed by atoms with Crippen molar-refractivity contribution >= 4 is 33.9 Å². The van der Waals surface area contributed by atoms with E-state index in [1.807, 2.05) is 0 Å². The highest BCUT2D eigenvalue weighted by molar-refractivity contribution is 6.02. The third kappa shape index (κ3) is 4.51. The van der Waals surface area contributed by atoms with Crippen LogP contribution < -0.4 is 16.6 Å². The molecule has 2 aliphatic carbocycles. The predicted molar refractivity (Wildman–Crippen MR) is 132 cm³/mol. The Morgan fingerprint density at radius 1 is 0.971 bits per heavy atom. The van der Waals surface area contributed by atoms with Crippen molar-refractivity contribution < 1.29 is 14.0 Å². The highest BCUT2D eigenvalue weighted by atomic mass is 16.3. The summed E-state index contributed by atoms with van der Waals surface area (Å²) in [4.78, 5) is 54.6. The molecule has 0 aliphatic heterocycles. The van der Waals surface area contributed by atoms with Crippen molar-refractivity contribution in [3.05, 3.63) is 45.1 Å². The second kappa shape index (κ2) is 9.71. The molecule has 2 heterocycles. The van der Waals surface area contributed by atoms with Gasteiger partial charge in [-0.05, 0) is 37.8 Å². The van der Waals surface area contributed by atoms with Crippen LogP contribution in [0.3, 0.4) is 0 Å². The summed E-state index contributed by atoms with van der Waals surface area (Å²) in [6.45, 7) is -0.635. The Labute approximate surface area is 202 Å². The topological polar surface area (TPSA) is 107 Å². The molecule has 3 aromatic rings. The maximum absolute atomic E-state index is 13.6. The number of para-hydroxylation sites is 1. The van der Waals surface area contributed by atoms with Crippen LogP contribution in [0.1, 0.15) is 57.8 Å². The van der Waals surface area contributed by atoms with Crippen molar-refractivity contribution in [2.45, 2.75) is 83.0 Å². The summed E-state index contributed by atoms with van der Waals surface area (Å²) in [5.41, 5.74) is -0.608. The van der Waals surface area contributed by atoms with Gasteiger partial charge in [0, 0.05) is 24.5 Å². The molecule has 1 N–H and O–H groups in total. The van der Waals surface area contributed by atoms with E-state index in [2.05, 4.69) is 5.32 Å². The maximum Gasteiger partial charge on any atom is 0.332 e. The molecule has 5 rings (SSSR count). The van der Waals surface area contributed by atoms with E-state index in [9.17, 15) is 19.2 Å². The minimum absolute atomic E-state index is 0.0208. The van der Waals surface area contributed by atoms with Gasteiger partial charge in [0.05, 0.1) is 0 Å². The number of hydrogen-bond acceptors (Lipinski definition) is 5. The van der Waals surface area contributed by atoms with Crippen LogP contribution in [0.4, 0.5) is 0 Å². The minimum Gasteiger partial charge on any atom is -0.449 e. The normalized spacial score (nSPS) is 17.3. The summed E-state index contributed by atoms with van der Waals surface area (Å²) in [6, 6.07) is 7.28. The van der Waals surface area contributed by atoms with Crippen LogP contribution in [0.15, 0.2) is 38.3 Å². The fraction of sp³-hybridized carbons (Fsp3) is 0.538. The first-order valence-corrected chi connectivity index (χ1v) is 12.6. The van der Waals surface area contributed by atoms with E-state index in [4.69, 9.17) is 4.42 Å². The number of rotatable bonds is 6. The molecule has 9 heteroatoms. The fourth-order valence-corrected chi connectivity index (χ4v) is 5.59. The number of amides is 2. The summed E-state index contributed by atoms with van der Waals surface area (Å²) in [7, 11) is 1.78. The van der Waals surface area contributed by atoms with Crippen LogP contribution in [-0.2, 0) is 22.7 Å². The molecule has 0 unspecified atom stereocenters. The summed E-state index contributed by atoms with van der Waals surface area (Å²) >= 11 is 0. The zero-order valence-corrected chi connectivity index (χ0v) is 20.1. The largest absolute Gasteiger partial charge is 0.449 e. The quantitative estimate of drug-likeness (QED) is 0.584. The van der Waals surface area contributed by atoms with Crippen LogP contribution in [0.2, 0.25) is 0 Å². The first kappa shape index (κ1) is 23.4. The zero-order chi connectivity index (χ0) is 24.5. The molecule has 2 fully saturated rings. The van der Waals surface area contributed by atoms with Gasteiger partial charge in [-0.1, -0.05) is 44.2 Å². The average molecular weight is 481 g/mol. The number of hydrogen-bond donors (Lipinski definition) is 1. The van der Waals surface area contributed by atoms with E-state index in [0.29, 0.717) is 16.5 Å². The lowest BCUT2D eigenvalue weighted by Gasteiger charge is -2.31. The SMILES string of the molecule is CN(C(=O)Cn1c(=O)n(CC(=O)NC2CCCC2)c(=O)c2oc3ccccc3c21)C1CCCCC1. The number of carbonyl (C=O) groups is 2. The Hall–Kier alpha value is -3.36. The van der Waals surface area contributed by atoms with E-state index in [1.165, 1.54) is 11.0 Å². The number of nitrogens with one attached hydrogen (secondary N) is 1. The lowest BCUT2D eigenvalue weighted by atomic mass is 9.94. The van der Waals surface area contributed by atoms with Crippen molar-refractivity contribution in [3.8, 4) is 0 Å². The second-order valence-corrected chi connectivity index (χ2v) is 9.88. The molecule has 0 spiro atoms. The van der Waals surface area contributed by atoms with Crippen molar-refractivity contribution in [1.29, 1.82) is 0 Å². The molecule has 0 atom stereocenters. The van der Waals surface area contributed by atoms with Gasteiger partial charge in [0.1, 0.15) is 24.2 Å². The highest BCUT2D eigenvalue weighted by Gasteiger charge is 2.27. The van der Waals surface area contributed by atoms with E-state index < -0.39 is 17.8 Å². The third-order valence-corrected chi connectivity index (χ3v) is 7.57. The third-order valence-electron chi connectivity index (χ3n) is 7.57. The van der Waals surface area contributed by atoms with E-state index in [1.54, 1.807) is 36.2 Å². The van der Waals surface area contributed by atoms with Gasteiger partial charge in [-0.15, -0.1) is 0 Å². The molecule has 2 saturated carbocycles. The lowest BCUT2D eigenvalue weighted by molar-refractivity contribution is -0.133. The average Bonchev–Trinajstić information content (AvgIpc) is 3.52. The standard InChI is InChI=1S/C26H32N4O5/c1-28(18-11-3-2-4-12-18)22(32)16-29-23-19-13-7-8-14-20(19)35-24(23)25(33)30(26(29)34)15-21(31)27-17-9-5-6-10-17/h7-8,13-14,17-18H,2-6,9-12,15-16H2,1H3,(H,27,31). The monoisotopic (exact) mass is 480 g/mol. The van der Waals surface area contributed by atoms with Gasteiger partial charge in [0.25, 0.3) is 5.56 Å². The Balaban J connectivity index is 1.55. The van der Waals surface area contributed by atoms with Crippen LogP contribution in [0.5, 0.6) is 0 Å². The Kier molecular flexibility index (Phi) is 6.49. The molecular formula is C26H32N4O5. The van der Waals surface area contributed by atoms with Crippen molar-refractivity contribution in [2.75, 3.05) is 7.05 Å². The molecule has 2 aliphatic rings. The number of furan rings is 1. The van der Waals surface area contributed by atoms with Gasteiger partial charge in [0.15, 0.2) is 0 Å². The summed E-state index contributed by atoms with van der Waals surface area (Å²) in [5, 5.41) is 3.52.